The average molecular weight is 490 g/mol. The number of ether oxygens (including phenoxy) is 1. The van der Waals surface area contributed by atoms with Gasteiger partial charge >= 0.3 is 0 Å². The van der Waals surface area contributed by atoms with E-state index in [1.807, 2.05) is 18.2 Å². The van der Waals surface area contributed by atoms with Gasteiger partial charge in [0.15, 0.2) is 9.84 Å². The Balaban J connectivity index is 1.42. The van der Waals surface area contributed by atoms with E-state index in [9.17, 15) is 13.2 Å². The van der Waals surface area contributed by atoms with Crippen molar-refractivity contribution in [2.24, 2.45) is 0 Å². The van der Waals surface area contributed by atoms with Crippen molar-refractivity contribution in [3.05, 3.63) is 77.6 Å². The molecule has 0 atom stereocenters. The van der Waals surface area contributed by atoms with Gasteiger partial charge in [0, 0.05) is 29.8 Å². The molecule has 4 aromatic rings. The largest absolute Gasteiger partial charge is 0.491 e. The number of H-pyrrole nitrogens is 1. The van der Waals surface area contributed by atoms with Crippen molar-refractivity contribution in [2.45, 2.75) is 31.2 Å². The van der Waals surface area contributed by atoms with Crippen LogP contribution in [-0.4, -0.2) is 48.6 Å². The minimum absolute atomic E-state index is 0.160. The number of sulfone groups is 1. The summed E-state index contributed by atoms with van der Waals surface area (Å²) in [4.78, 5) is 23.2. The zero-order valence-electron chi connectivity index (χ0n) is 19.9. The van der Waals surface area contributed by atoms with Gasteiger partial charge in [0.1, 0.15) is 18.2 Å². The molecule has 0 fully saturated rings. The SMILES string of the molecule is CC(C)c1nc2ccc(-c3ccc4c(c3)CN(C(=O)c3ccc(S(C)(=O)=O)cc3)CCO4)cc2[nH]1. The van der Waals surface area contributed by atoms with E-state index in [1.54, 1.807) is 17.0 Å². The standard InChI is InChI=1S/C27H27N3O4S/c1-17(2)26-28-23-10-6-20(15-24(23)29-26)19-7-11-25-21(14-19)16-30(12-13-34-25)27(31)18-4-8-22(9-5-18)35(3,32)33/h4-11,14-15,17H,12-13,16H2,1-3H3,(H,28,29). The van der Waals surface area contributed by atoms with Crippen molar-refractivity contribution in [3.8, 4) is 16.9 Å². The first-order valence-electron chi connectivity index (χ1n) is 11.5. The van der Waals surface area contributed by atoms with Gasteiger partial charge in [-0.2, -0.15) is 0 Å². The van der Waals surface area contributed by atoms with E-state index in [-0.39, 0.29) is 10.8 Å². The molecule has 180 valence electrons. The van der Waals surface area contributed by atoms with Crippen LogP contribution in [0.4, 0.5) is 0 Å². The number of imidazole rings is 1. The van der Waals surface area contributed by atoms with Crippen molar-refractivity contribution in [1.82, 2.24) is 14.9 Å². The Morgan fingerprint density at radius 2 is 1.74 bits per heavy atom. The van der Waals surface area contributed by atoms with Crippen LogP contribution < -0.4 is 4.74 Å². The highest BCUT2D eigenvalue weighted by molar-refractivity contribution is 7.90. The number of carbonyl (C=O) groups is 1. The molecule has 1 aliphatic rings. The maximum Gasteiger partial charge on any atom is 0.254 e. The second-order valence-corrected chi connectivity index (χ2v) is 11.2. The lowest BCUT2D eigenvalue weighted by Gasteiger charge is -2.20. The first-order chi connectivity index (χ1) is 16.7. The number of aromatic nitrogens is 2. The molecule has 0 spiro atoms. The van der Waals surface area contributed by atoms with Crippen LogP contribution in [0.1, 0.15) is 41.5 Å². The third-order valence-electron chi connectivity index (χ3n) is 6.24. The molecule has 0 radical (unpaired) electrons. The molecule has 0 saturated carbocycles. The Bertz CT molecular complexity index is 1520. The molecule has 1 aromatic heterocycles. The average Bonchev–Trinajstić information content (AvgIpc) is 3.15. The molecular formula is C27H27N3O4S. The minimum atomic E-state index is -3.32. The second kappa shape index (κ2) is 8.85. The summed E-state index contributed by atoms with van der Waals surface area (Å²) in [5.41, 5.74) is 5.39. The highest BCUT2D eigenvalue weighted by Gasteiger charge is 2.22. The third kappa shape index (κ3) is 4.66. The topological polar surface area (TPSA) is 92.4 Å². The zero-order valence-corrected chi connectivity index (χ0v) is 20.7. The highest BCUT2D eigenvalue weighted by atomic mass is 32.2. The van der Waals surface area contributed by atoms with Gasteiger partial charge < -0.3 is 14.6 Å². The molecule has 0 saturated heterocycles. The van der Waals surface area contributed by atoms with Gasteiger partial charge in [-0.05, 0) is 59.7 Å². The number of nitrogens with zero attached hydrogens (tertiary/aromatic N) is 2. The Morgan fingerprint density at radius 1 is 1.03 bits per heavy atom. The fraction of sp³-hybridized carbons (Fsp3) is 0.259. The van der Waals surface area contributed by atoms with Gasteiger partial charge in [0.05, 0.1) is 22.5 Å². The van der Waals surface area contributed by atoms with Crippen LogP contribution in [0.15, 0.2) is 65.6 Å². The number of nitrogens with one attached hydrogen (secondary N) is 1. The van der Waals surface area contributed by atoms with Crippen LogP contribution in [-0.2, 0) is 16.4 Å². The summed E-state index contributed by atoms with van der Waals surface area (Å²) in [5, 5.41) is 0. The van der Waals surface area contributed by atoms with Gasteiger partial charge in [-0.15, -0.1) is 0 Å². The molecule has 8 heteroatoms. The maximum atomic E-state index is 13.2. The molecule has 1 aliphatic heterocycles. The Kier molecular flexibility index (Phi) is 5.84. The number of fused-ring (bicyclic) bond motifs is 2. The number of rotatable bonds is 4. The van der Waals surface area contributed by atoms with Crippen LogP contribution >= 0.6 is 0 Å². The first kappa shape index (κ1) is 23.1. The van der Waals surface area contributed by atoms with Crippen molar-refractivity contribution in [2.75, 3.05) is 19.4 Å². The second-order valence-electron chi connectivity index (χ2n) is 9.20. The zero-order chi connectivity index (χ0) is 24.7. The van der Waals surface area contributed by atoms with Crippen LogP contribution in [0.5, 0.6) is 5.75 Å². The lowest BCUT2D eigenvalue weighted by atomic mass is 10.0. The van der Waals surface area contributed by atoms with Crippen LogP contribution in [0.3, 0.4) is 0 Å². The molecule has 1 amide bonds. The Hall–Kier alpha value is -3.65. The fourth-order valence-electron chi connectivity index (χ4n) is 4.26. The van der Waals surface area contributed by atoms with Gasteiger partial charge in [0.2, 0.25) is 0 Å². The summed E-state index contributed by atoms with van der Waals surface area (Å²) in [6.07, 6.45) is 1.15. The number of amides is 1. The van der Waals surface area contributed by atoms with E-state index in [0.29, 0.717) is 31.2 Å². The first-order valence-corrected chi connectivity index (χ1v) is 13.4. The van der Waals surface area contributed by atoms with Crippen LogP contribution in [0.25, 0.3) is 22.2 Å². The maximum absolute atomic E-state index is 13.2. The van der Waals surface area contributed by atoms with E-state index in [0.717, 1.165) is 45.6 Å². The van der Waals surface area contributed by atoms with E-state index in [2.05, 4.69) is 42.0 Å². The number of benzene rings is 3. The fourth-order valence-corrected chi connectivity index (χ4v) is 4.89. The smallest absolute Gasteiger partial charge is 0.254 e. The Morgan fingerprint density at radius 3 is 2.46 bits per heavy atom. The van der Waals surface area contributed by atoms with Gasteiger partial charge in [-0.25, -0.2) is 13.4 Å². The molecule has 1 N–H and O–H groups in total. The van der Waals surface area contributed by atoms with Crippen molar-refractivity contribution >= 4 is 26.8 Å². The molecular weight excluding hydrogens is 462 g/mol. The summed E-state index contributed by atoms with van der Waals surface area (Å²) in [6, 6.07) is 18.3. The molecule has 35 heavy (non-hydrogen) atoms. The minimum Gasteiger partial charge on any atom is -0.491 e. The molecule has 2 heterocycles. The lowest BCUT2D eigenvalue weighted by molar-refractivity contribution is 0.0733. The summed E-state index contributed by atoms with van der Waals surface area (Å²) >= 11 is 0. The van der Waals surface area contributed by atoms with Crippen LogP contribution in [0, 0.1) is 0 Å². The lowest BCUT2D eigenvalue weighted by Crippen LogP contribution is -2.32. The number of hydrogen-bond acceptors (Lipinski definition) is 5. The van der Waals surface area contributed by atoms with Crippen molar-refractivity contribution < 1.29 is 17.9 Å². The number of hydrogen-bond donors (Lipinski definition) is 1. The summed E-state index contributed by atoms with van der Waals surface area (Å²) in [6.45, 7) is 5.45. The van der Waals surface area contributed by atoms with E-state index >= 15 is 0 Å². The molecule has 5 rings (SSSR count). The summed E-state index contributed by atoms with van der Waals surface area (Å²) in [5.74, 6) is 1.89. The van der Waals surface area contributed by atoms with Gasteiger partial charge in [-0.3, -0.25) is 4.79 Å². The van der Waals surface area contributed by atoms with Gasteiger partial charge in [0.25, 0.3) is 5.91 Å². The molecule has 7 nitrogen and oxygen atoms in total. The third-order valence-corrected chi connectivity index (χ3v) is 7.37. The Labute approximate surface area is 204 Å². The van der Waals surface area contributed by atoms with E-state index in [1.165, 1.54) is 12.1 Å². The molecule has 0 unspecified atom stereocenters. The van der Waals surface area contributed by atoms with Crippen molar-refractivity contribution in [1.29, 1.82) is 0 Å². The summed E-state index contributed by atoms with van der Waals surface area (Å²) in [7, 11) is -3.32. The number of aromatic amines is 1. The quantitative estimate of drug-likeness (QED) is 0.445. The van der Waals surface area contributed by atoms with Crippen LogP contribution in [0.2, 0.25) is 0 Å². The summed E-state index contributed by atoms with van der Waals surface area (Å²) < 4.78 is 29.4. The molecule has 3 aromatic carbocycles. The highest BCUT2D eigenvalue weighted by Crippen LogP contribution is 2.31. The number of carbonyl (C=O) groups excluding carboxylic acids is 1. The predicted molar refractivity (Wildman–Crippen MR) is 135 cm³/mol. The van der Waals surface area contributed by atoms with E-state index < -0.39 is 9.84 Å². The van der Waals surface area contributed by atoms with Gasteiger partial charge in [-0.1, -0.05) is 26.0 Å². The molecule has 0 aliphatic carbocycles. The van der Waals surface area contributed by atoms with E-state index in [4.69, 9.17) is 4.74 Å². The predicted octanol–water partition coefficient (Wildman–Crippen LogP) is 4.79. The normalized spacial score (nSPS) is 14.0. The van der Waals surface area contributed by atoms with Crippen molar-refractivity contribution in [3.63, 3.8) is 0 Å². The monoisotopic (exact) mass is 489 g/mol. The molecule has 0 bridgehead atoms.